The van der Waals surface area contributed by atoms with Crippen molar-refractivity contribution >= 4 is 29.6 Å². The van der Waals surface area contributed by atoms with Crippen molar-refractivity contribution in [2.24, 2.45) is 0 Å². The van der Waals surface area contributed by atoms with E-state index >= 15 is 0 Å². The second-order valence-corrected chi connectivity index (χ2v) is 7.58. The maximum atomic E-state index is 14.3. The molecule has 1 aliphatic heterocycles. The number of nitrogens with zero attached hydrogens (tertiary/aromatic N) is 1. The molecule has 3 aromatic rings. The molecule has 7 heteroatoms. The van der Waals surface area contributed by atoms with Crippen molar-refractivity contribution in [3.05, 3.63) is 100 Å². The molecule has 4 amide bonds. The number of nitrogens with one attached hydrogen (secondary N) is 1. The third-order valence-electron chi connectivity index (χ3n) is 5.45. The van der Waals surface area contributed by atoms with Crippen LogP contribution in [0, 0.1) is 12.7 Å². The number of amides is 4. The monoisotopic (exact) mass is 444 g/mol. The second kappa shape index (κ2) is 9.08. The summed E-state index contributed by atoms with van der Waals surface area (Å²) in [5, 5.41) is 2.23. The molecule has 0 atom stereocenters. The van der Waals surface area contributed by atoms with E-state index in [0.29, 0.717) is 33.7 Å². The Bertz CT molecular complexity index is 1300. The number of anilines is 1. The predicted molar refractivity (Wildman–Crippen MR) is 122 cm³/mol. The molecule has 4 rings (SSSR count). The van der Waals surface area contributed by atoms with Gasteiger partial charge in [-0.2, -0.15) is 0 Å². The summed E-state index contributed by atoms with van der Waals surface area (Å²) in [5.74, 6) is -1.32. The van der Waals surface area contributed by atoms with Crippen LogP contribution in [0.3, 0.4) is 0 Å². The third kappa shape index (κ3) is 4.39. The summed E-state index contributed by atoms with van der Waals surface area (Å²) in [4.78, 5) is 39.3. The van der Waals surface area contributed by atoms with Gasteiger partial charge < -0.3 is 4.74 Å². The first-order valence-corrected chi connectivity index (χ1v) is 10.3. The molecule has 0 bridgehead atoms. The van der Waals surface area contributed by atoms with E-state index in [9.17, 15) is 18.8 Å². The van der Waals surface area contributed by atoms with E-state index in [0.717, 1.165) is 4.90 Å². The predicted octanol–water partition coefficient (Wildman–Crippen LogP) is 4.40. The van der Waals surface area contributed by atoms with Crippen LogP contribution in [0.25, 0.3) is 6.08 Å². The van der Waals surface area contributed by atoms with Gasteiger partial charge in [0.1, 0.15) is 17.1 Å². The molecule has 0 spiro atoms. The molecule has 0 aliphatic carbocycles. The Hall–Kier alpha value is -4.26. The molecule has 1 aliphatic rings. The van der Waals surface area contributed by atoms with Crippen LogP contribution in [0.1, 0.15) is 22.3 Å². The molecule has 1 fully saturated rings. The van der Waals surface area contributed by atoms with E-state index in [1.165, 1.54) is 19.3 Å². The number of carbonyl (C=O) groups is 3. The summed E-state index contributed by atoms with van der Waals surface area (Å²) in [5.41, 5.74) is 2.56. The zero-order valence-electron chi connectivity index (χ0n) is 18.1. The highest BCUT2D eigenvalue weighted by Crippen LogP contribution is 2.27. The average molecular weight is 444 g/mol. The Balaban J connectivity index is 1.78. The first-order chi connectivity index (χ1) is 15.9. The molecule has 1 heterocycles. The molecule has 1 saturated heterocycles. The maximum Gasteiger partial charge on any atom is 0.335 e. The summed E-state index contributed by atoms with van der Waals surface area (Å²) in [6.07, 6.45) is 1.64. The molecule has 0 saturated carbocycles. The summed E-state index contributed by atoms with van der Waals surface area (Å²) in [6, 6.07) is 17.6. The van der Waals surface area contributed by atoms with Gasteiger partial charge >= 0.3 is 6.03 Å². The summed E-state index contributed by atoms with van der Waals surface area (Å²) in [7, 11) is 1.52. The second-order valence-electron chi connectivity index (χ2n) is 7.58. The summed E-state index contributed by atoms with van der Waals surface area (Å²) < 4.78 is 19.6. The van der Waals surface area contributed by atoms with E-state index in [-0.39, 0.29) is 17.8 Å². The highest BCUT2D eigenvalue weighted by Gasteiger charge is 2.37. The molecular formula is C26H21FN2O4. The minimum atomic E-state index is -0.808. The number of methoxy groups -OCH3 is 1. The van der Waals surface area contributed by atoms with Crippen LogP contribution in [-0.2, 0) is 16.0 Å². The van der Waals surface area contributed by atoms with Crippen molar-refractivity contribution in [1.82, 2.24) is 5.32 Å². The van der Waals surface area contributed by atoms with Crippen LogP contribution in [-0.4, -0.2) is 25.0 Å². The SMILES string of the molecule is COc1ccc(/C=C2\C(=O)NC(=O)N(c3ccccc3C)C2=O)c(Cc2ccccc2F)c1. The molecule has 3 aromatic carbocycles. The fourth-order valence-electron chi connectivity index (χ4n) is 3.70. The lowest BCUT2D eigenvalue weighted by Crippen LogP contribution is -2.54. The Labute approximate surface area is 190 Å². The van der Waals surface area contributed by atoms with Crippen molar-refractivity contribution in [1.29, 1.82) is 0 Å². The minimum absolute atomic E-state index is 0.196. The summed E-state index contributed by atoms with van der Waals surface area (Å²) in [6.45, 7) is 1.77. The first-order valence-electron chi connectivity index (χ1n) is 10.3. The molecule has 33 heavy (non-hydrogen) atoms. The zero-order valence-corrected chi connectivity index (χ0v) is 18.1. The van der Waals surface area contributed by atoms with Crippen LogP contribution in [0.15, 0.2) is 72.3 Å². The van der Waals surface area contributed by atoms with Crippen LogP contribution in [0.2, 0.25) is 0 Å². The lowest BCUT2D eigenvalue weighted by molar-refractivity contribution is -0.122. The van der Waals surface area contributed by atoms with Crippen molar-refractivity contribution < 1.29 is 23.5 Å². The number of imide groups is 2. The van der Waals surface area contributed by atoms with Gasteiger partial charge in [0.2, 0.25) is 0 Å². The van der Waals surface area contributed by atoms with Gasteiger partial charge in [-0.15, -0.1) is 0 Å². The van der Waals surface area contributed by atoms with Gasteiger partial charge in [0.15, 0.2) is 0 Å². The van der Waals surface area contributed by atoms with E-state index < -0.39 is 17.8 Å². The normalized spacial score (nSPS) is 15.1. The lowest BCUT2D eigenvalue weighted by atomic mass is 9.96. The number of halogens is 1. The first kappa shape index (κ1) is 22.0. The van der Waals surface area contributed by atoms with Crippen LogP contribution in [0.4, 0.5) is 14.9 Å². The number of ether oxygens (including phenoxy) is 1. The largest absolute Gasteiger partial charge is 0.497 e. The number of carbonyl (C=O) groups excluding carboxylic acids is 3. The Kier molecular flexibility index (Phi) is 6.04. The van der Waals surface area contributed by atoms with Gasteiger partial charge in [-0.3, -0.25) is 14.9 Å². The number of benzene rings is 3. The fourth-order valence-corrected chi connectivity index (χ4v) is 3.70. The Morgan fingerprint density at radius 2 is 1.70 bits per heavy atom. The van der Waals surface area contributed by atoms with E-state index in [1.807, 2.05) is 0 Å². The quantitative estimate of drug-likeness (QED) is 0.468. The fraction of sp³-hybridized carbons (Fsp3) is 0.115. The van der Waals surface area contributed by atoms with Gasteiger partial charge in [0.25, 0.3) is 11.8 Å². The number of rotatable bonds is 5. The zero-order chi connectivity index (χ0) is 23.5. The number of hydrogen-bond acceptors (Lipinski definition) is 4. The number of aryl methyl sites for hydroxylation is 1. The standard InChI is InChI=1S/C26H21FN2O4/c1-16-7-3-6-10-23(16)29-25(31)21(24(30)28-26(29)32)15-17-11-12-20(33-2)14-19(17)13-18-8-4-5-9-22(18)27/h3-12,14-15H,13H2,1-2H3,(H,28,30,32)/b21-15+. The van der Waals surface area contributed by atoms with E-state index in [1.54, 1.807) is 67.6 Å². The van der Waals surface area contributed by atoms with Gasteiger partial charge in [-0.1, -0.05) is 42.5 Å². The lowest BCUT2D eigenvalue weighted by Gasteiger charge is -2.27. The Morgan fingerprint density at radius 1 is 0.970 bits per heavy atom. The molecule has 0 aromatic heterocycles. The van der Waals surface area contributed by atoms with Gasteiger partial charge in [0, 0.05) is 6.42 Å². The van der Waals surface area contributed by atoms with E-state index in [2.05, 4.69) is 5.32 Å². The van der Waals surface area contributed by atoms with Gasteiger partial charge in [0.05, 0.1) is 12.8 Å². The maximum absolute atomic E-state index is 14.3. The van der Waals surface area contributed by atoms with Crippen molar-refractivity contribution in [2.75, 3.05) is 12.0 Å². The third-order valence-corrected chi connectivity index (χ3v) is 5.45. The van der Waals surface area contributed by atoms with Crippen molar-refractivity contribution in [3.63, 3.8) is 0 Å². The van der Waals surface area contributed by atoms with Crippen LogP contribution >= 0.6 is 0 Å². The van der Waals surface area contributed by atoms with Crippen LogP contribution < -0.4 is 15.0 Å². The molecule has 6 nitrogen and oxygen atoms in total. The molecular weight excluding hydrogens is 423 g/mol. The number of para-hydroxylation sites is 1. The van der Waals surface area contributed by atoms with Gasteiger partial charge in [-0.25, -0.2) is 14.1 Å². The smallest absolute Gasteiger partial charge is 0.335 e. The highest BCUT2D eigenvalue weighted by atomic mass is 19.1. The average Bonchev–Trinajstić information content (AvgIpc) is 2.80. The summed E-state index contributed by atoms with van der Waals surface area (Å²) >= 11 is 0. The number of urea groups is 1. The van der Waals surface area contributed by atoms with Gasteiger partial charge in [-0.05, 0) is 59.5 Å². The molecule has 0 radical (unpaired) electrons. The minimum Gasteiger partial charge on any atom is -0.497 e. The Morgan fingerprint density at radius 3 is 2.42 bits per heavy atom. The van der Waals surface area contributed by atoms with Crippen LogP contribution in [0.5, 0.6) is 5.75 Å². The highest BCUT2D eigenvalue weighted by molar-refractivity contribution is 6.39. The number of barbiturate groups is 1. The van der Waals surface area contributed by atoms with E-state index in [4.69, 9.17) is 4.74 Å². The van der Waals surface area contributed by atoms with Crippen molar-refractivity contribution in [3.8, 4) is 5.75 Å². The molecule has 1 N–H and O–H groups in total. The molecule has 166 valence electrons. The number of hydrogen-bond donors (Lipinski definition) is 1. The topological polar surface area (TPSA) is 75.7 Å². The van der Waals surface area contributed by atoms with Crippen molar-refractivity contribution in [2.45, 2.75) is 13.3 Å². The molecule has 0 unspecified atom stereocenters.